The van der Waals surface area contributed by atoms with Crippen molar-refractivity contribution in [3.05, 3.63) is 0 Å². The van der Waals surface area contributed by atoms with Gasteiger partial charge in [0.1, 0.15) is 0 Å². The van der Waals surface area contributed by atoms with Gasteiger partial charge < -0.3 is 0 Å². The SMILES string of the molecule is CC[N]([GaH2])CC. The Morgan fingerprint density at radius 2 is 1.67 bits per heavy atom. The van der Waals surface area contributed by atoms with Crippen LogP contribution in [0, 0.1) is 0 Å². The summed E-state index contributed by atoms with van der Waals surface area (Å²) in [6, 6.07) is 0. The van der Waals surface area contributed by atoms with Crippen molar-refractivity contribution in [3.8, 4) is 0 Å². The number of hydrogen-bond donors (Lipinski definition) is 0. The Bertz CT molecular complexity index is 26.7. The molecule has 0 aromatic heterocycles. The second kappa shape index (κ2) is 3.78. The van der Waals surface area contributed by atoms with Gasteiger partial charge in [-0.3, -0.25) is 0 Å². The van der Waals surface area contributed by atoms with Gasteiger partial charge in [0.05, 0.1) is 0 Å². The Morgan fingerprint density at radius 3 is 1.67 bits per heavy atom. The molecule has 0 saturated heterocycles. The van der Waals surface area contributed by atoms with Crippen molar-refractivity contribution in [2.24, 2.45) is 0 Å². The zero-order valence-corrected chi connectivity index (χ0v) is 9.06. The fourth-order valence-electron chi connectivity index (χ4n) is 0.224. The molecule has 0 heterocycles. The van der Waals surface area contributed by atoms with Gasteiger partial charge in [-0.2, -0.15) is 0 Å². The van der Waals surface area contributed by atoms with Crippen molar-refractivity contribution >= 4 is 18.8 Å². The first-order valence-electron chi connectivity index (χ1n) is 2.49. The molecule has 0 aliphatic carbocycles. The van der Waals surface area contributed by atoms with Crippen LogP contribution in [0.25, 0.3) is 0 Å². The van der Waals surface area contributed by atoms with Gasteiger partial charge in [-0.1, -0.05) is 0 Å². The van der Waals surface area contributed by atoms with Crippen molar-refractivity contribution < 1.29 is 0 Å². The number of nitrogens with zero attached hydrogens (tertiary/aromatic N) is 1. The summed E-state index contributed by atoms with van der Waals surface area (Å²) in [4.78, 5) is 0. The molecule has 6 heavy (non-hydrogen) atoms. The Kier molecular flexibility index (Phi) is 4.15. The molecule has 0 radical (unpaired) electrons. The summed E-state index contributed by atoms with van der Waals surface area (Å²) in [5, 5.41) is 0. The van der Waals surface area contributed by atoms with Crippen LogP contribution < -0.4 is 0 Å². The van der Waals surface area contributed by atoms with Crippen molar-refractivity contribution in [3.63, 3.8) is 0 Å². The predicted molar refractivity (Wildman–Crippen MR) is 31.5 cm³/mol. The van der Waals surface area contributed by atoms with Crippen LogP contribution in [0.4, 0.5) is 0 Å². The molecule has 0 unspecified atom stereocenters. The van der Waals surface area contributed by atoms with Gasteiger partial charge in [-0.25, -0.2) is 0 Å². The van der Waals surface area contributed by atoms with Gasteiger partial charge in [0.2, 0.25) is 0 Å². The normalized spacial score (nSPS) is 9.83. The monoisotopic (exact) mass is 143 g/mol. The molecular formula is C4H12GaN. The van der Waals surface area contributed by atoms with Crippen molar-refractivity contribution in [2.75, 3.05) is 13.1 Å². The van der Waals surface area contributed by atoms with Crippen LogP contribution in [0.3, 0.4) is 0 Å². The molecule has 0 aromatic carbocycles. The van der Waals surface area contributed by atoms with E-state index in [0.717, 1.165) is 18.8 Å². The van der Waals surface area contributed by atoms with Crippen molar-refractivity contribution in [2.45, 2.75) is 13.8 Å². The second-order valence-corrected chi connectivity index (χ2v) is 4.14. The molecule has 2 heteroatoms. The molecule has 0 amide bonds. The van der Waals surface area contributed by atoms with Crippen LogP contribution in [0.15, 0.2) is 0 Å². The summed E-state index contributed by atoms with van der Waals surface area (Å²) in [7, 11) is 0. The maximum atomic E-state index is 2.44. The van der Waals surface area contributed by atoms with Crippen LogP contribution in [-0.4, -0.2) is 35.5 Å². The van der Waals surface area contributed by atoms with E-state index in [-0.39, 0.29) is 0 Å². The first-order chi connectivity index (χ1) is 2.81. The third kappa shape index (κ3) is 2.81. The van der Waals surface area contributed by atoms with Crippen molar-refractivity contribution in [1.29, 1.82) is 0 Å². The molecule has 0 aromatic rings. The zero-order valence-electron chi connectivity index (χ0n) is 4.86. The van der Waals surface area contributed by atoms with Gasteiger partial charge in [0.15, 0.2) is 0 Å². The van der Waals surface area contributed by atoms with Gasteiger partial charge in [-0.15, -0.1) is 0 Å². The third-order valence-electron chi connectivity index (χ3n) is 1.08. The summed E-state index contributed by atoms with van der Waals surface area (Å²) in [5.41, 5.74) is 0. The van der Waals surface area contributed by atoms with E-state index in [1.807, 2.05) is 0 Å². The summed E-state index contributed by atoms with van der Waals surface area (Å²) in [6.45, 7) is 6.90. The summed E-state index contributed by atoms with van der Waals surface area (Å²) >= 11 is 0.913. The minimum absolute atomic E-state index is 0.913. The van der Waals surface area contributed by atoms with E-state index in [4.69, 9.17) is 0 Å². The Balaban J connectivity index is 2.75. The topological polar surface area (TPSA) is 3.24 Å². The zero-order chi connectivity index (χ0) is 4.99. The van der Waals surface area contributed by atoms with E-state index in [0.29, 0.717) is 0 Å². The van der Waals surface area contributed by atoms with Crippen LogP contribution in [0.5, 0.6) is 0 Å². The van der Waals surface area contributed by atoms with Gasteiger partial charge >= 0.3 is 49.4 Å². The van der Waals surface area contributed by atoms with E-state index in [1.54, 1.807) is 0 Å². The Morgan fingerprint density at radius 1 is 1.33 bits per heavy atom. The molecule has 0 fully saturated rings. The molecule has 1 nitrogen and oxygen atoms in total. The quantitative estimate of drug-likeness (QED) is 0.488. The molecular weight excluding hydrogens is 132 g/mol. The third-order valence-corrected chi connectivity index (χ3v) is 3.73. The molecule has 0 aliphatic rings. The maximum absolute atomic E-state index is 2.44. The minimum atomic E-state index is 0.913. The first-order valence-corrected chi connectivity index (χ1v) is 4.37. The van der Waals surface area contributed by atoms with E-state index < -0.39 is 0 Å². The van der Waals surface area contributed by atoms with Crippen LogP contribution in [-0.2, 0) is 0 Å². The summed E-state index contributed by atoms with van der Waals surface area (Å²) < 4.78 is 2.44. The van der Waals surface area contributed by atoms with E-state index in [2.05, 4.69) is 17.5 Å². The fraction of sp³-hybridized carbons (Fsp3) is 1.00. The van der Waals surface area contributed by atoms with Crippen LogP contribution in [0.1, 0.15) is 13.8 Å². The Labute approximate surface area is 49.9 Å². The van der Waals surface area contributed by atoms with E-state index in [1.165, 1.54) is 13.1 Å². The predicted octanol–water partition coefficient (Wildman–Crippen LogP) is -0.124. The Hall–Kier alpha value is 0.596. The molecule has 0 rings (SSSR count). The number of hydrogen-bond acceptors (Lipinski definition) is 1. The molecule has 36 valence electrons. The van der Waals surface area contributed by atoms with Crippen molar-refractivity contribution in [1.82, 2.24) is 3.61 Å². The molecule has 0 atom stereocenters. The molecule has 0 bridgehead atoms. The second-order valence-electron chi connectivity index (χ2n) is 1.49. The number of rotatable bonds is 2. The molecule has 0 spiro atoms. The summed E-state index contributed by atoms with van der Waals surface area (Å²) in [5.74, 6) is 0. The average molecular weight is 144 g/mol. The summed E-state index contributed by atoms with van der Waals surface area (Å²) in [6.07, 6.45) is 0. The van der Waals surface area contributed by atoms with E-state index in [9.17, 15) is 0 Å². The van der Waals surface area contributed by atoms with E-state index >= 15 is 0 Å². The molecule has 0 aliphatic heterocycles. The fourth-order valence-corrected chi connectivity index (χ4v) is 0.224. The molecule has 0 N–H and O–H groups in total. The van der Waals surface area contributed by atoms with Gasteiger partial charge in [0.25, 0.3) is 0 Å². The van der Waals surface area contributed by atoms with Gasteiger partial charge in [0, 0.05) is 0 Å². The van der Waals surface area contributed by atoms with Crippen LogP contribution >= 0.6 is 0 Å². The first kappa shape index (κ1) is 6.60. The van der Waals surface area contributed by atoms with Gasteiger partial charge in [-0.05, 0) is 0 Å². The molecule has 0 saturated carbocycles. The average Bonchev–Trinajstić information content (AvgIpc) is 1.65. The van der Waals surface area contributed by atoms with Crippen LogP contribution in [0.2, 0.25) is 0 Å². The standard InChI is InChI=1S/C4H10N.Ga.2H/c1-3-5-4-2;;;/h3-4H2,1-2H3;;;/q-1;+1;;.